The average Bonchev–Trinajstić information content (AvgIpc) is 2.31. The van der Waals surface area contributed by atoms with Crippen molar-refractivity contribution in [1.82, 2.24) is 0 Å². The molecule has 1 fully saturated rings. The maximum Gasteiger partial charge on any atom is 0.341 e. The van der Waals surface area contributed by atoms with Crippen molar-refractivity contribution in [1.29, 1.82) is 0 Å². The zero-order valence-corrected chi connectivity index (χ0v) is 6.85. The fraction of sp³-hybridized carbons (Fsp3) is 0.714. The molecule has 2 nitrogen and oxygen atoms in total. The summed E-state index contributed by atoms with van der Waals surface area (Å²) in [6.45, 7) is 4.13. The van der Waals surface area contributed by atoms with Crippen LogP contribution < -0.4 is 0 Å². The molecule has 3 heteroatoms. The maximum absolute atomic E-state index is 10.9. The fourth-order valence-corrected chi connectivity index (χ4v) is 2.54. The highest BCUT2D eigenvalue weighted by Crippen LogP contribution is 2.32. The van der Waals surface area contributed by atoms with Crippen LogP contribution in [0.5, 0.6) is 0 Å². The molecule has 0 aromatic rings. The number of hydrogen-bond acceptors (Lipinski definition) is 2. The molecule has 0 amide bonds. The molecular formula is C7H12O2P+. The van der Waals surface area contributed by atoms with E-state index in [1.54, 1.807) is 6.08 Å². The summed E-state index contributed by atoms with van der Waals surface area (Å²) in [5, 5.41) is 0. The van der Waals surface area contributed by atoms with E-state index in [0.29, 0.717) is 6.61 Å². The van der Waals surface area contributed by atoms with Gasteiger partial charge in [0.1, 0.15) is 12.3 Å². The smallest absolute Gasteiger partial charge is 0.341 e. The molecular weight excluding hydrogens is 147 g/mol. The molecule has 0 aromatic carbocycles. The van der Waals surface area contributed by atoms with Crippen LogP contribution in [0.15, 0.2) is 12.7 Å². The first-order chi connectivity index (χ1) is 4.83. The van der Waals surface area contributed by atoms with Crippen LogP contribution in [0.4, 0.5) is 0 Å². The summed E-state index contributed by atoms with van der Waals surface area (Å²) in [6.07, 6.45) is 4.52. The molecule has 0 aromatic heterocycles. The Hall–Kier alpha value is -0.200. The summed E-state index contributed by atoms with van der Waals surface area (Å²) in [6, 6.07) is 0. The fourth-order valence-electron chi connectivity index (χ4n) is 1.04. The van der Waals surface area contributed by atoms with Gasteiger partial charge in [-0.3, -0.25) is 0 Å². The van der Waals surface area contributed by atoms with Crippen LogP contribution >= 0.6 is 7.80 Å². The third kappa shape index (κ3) is 2.20. The van der Waals surface area contributed by atoms with Gasteiger partial charge in [0.15, 0.2) is 6.16 Å². The van der Waals surface area contributed by atoms with E-state index in [-0.39, 0.29) is 6.10 Å². The number of rotatable bonds is 3. The second kappa shape index (κ2) is 3.85. The van der Waals surface area contributed by atoms with Crippen molar-refractivity contribution in [2.45, 2.75) is 12.5 Å². The summed E-state index contributed by atoms with van der Waals surface area (Å²) in [7, 11) is -0.930. The second-order valence-corrected chi connectivity index (χ2v) is 4.20. The van der Waals surface area contributed by atoms with Gasteiger partial charge in [0.25, 0.3) is 0 Å². The van der Waals surface area contributed by atoms with E-state index in [0.717, 1.165) is 18.7 Å². The molecule has 56 valence electrons. The second-order valence-electron chi connectivity index (χ2n) is 2.42. The molecule has 10 heavy (non-hydrogen) atoms. The molecule has 2 unspecified atom stereocenters. The quantitative estimate of drug-likeness (QED) is 0.463. The Balaban J connectivity index is 2.18. The minimum Gasteiger partial charge on any atom is -0.370 e. The van der Waals surface area contributed by atoms with Crippen molar-refractivity contribution in [3.05, 3.63) is 12.7 Å². The van der Waals surface area contributed by atoms with Gasteiger partial charge >= 0.3 is 7.80 Å². The van der Waals surface area contributed by atoms with Crippen LogP contribution in [0, 0.1) is 0 Å². The normalized spacial score (nSPS) is 28.8. The first-order valence-electron chi connectivity index (χ1n) is 3.47. The minimum atomic E-state index is -0.930. The van der Waals surface area contributed by atoms with Crippen molar-refractivity contribution in [3.63, 3.8) is 0 Å². The van der Waals surface area contributed by atoms with Gasteiger partial charge in [0.2, 0.25) is 0 Å². The van der Waals surface area contributed by atoms with E-state index in [9.17, 15) is 4.57 Å². The predicted molar refractivity (Wildman–Crippen MR) is 41.9 cm³/mol. The summed E-state index contributed by atoms with van der Waals surface area (Å²) in [4.78, 5) is 0. The molecule has 0 saturated carbocycles. The first kappa shape index (κ1) is 7.90. The van der Waals surface area contributed by atoms with E-state index in [1.165, 1.54) is 0 Å². The van der Waals surface area contributed by atoms with E-state index < -0.39 is 7.80 Å². The lowest BCUT2D eigenvalue weighted by Gasteiger charge is -2.02. The zero-order valence-electron chi connectivity index (χ0n) is 5.95. The Morgan fingerprint density at radius 2 is 2.60 bits per heavy atom. The SMILES string of the molecule is C=CCOC1CC[P+](=O)C1. The van der Waals surface area contributed by atoms with Crippen molar-refractivity contribution in [3.8, 4) is 0 Å². The molecule has 0 radical (unpaired) electrons. The van der Waals surface area contributed by atoms with Crippen LogP contribution in [0.25, 0.3) is 0 Å². The summed E-state index contributed by atoms with van der Waals surface area (Å²) >= 11 is 0. The Kier molecular flexibility index (Phi) is 3.04. The molecule has 0 N–H and O–H groups in total. The minimum absolute atomic E-state index is 0.238. The molecule has 1 saturated heterocycles. The van der Waals surface area contributed by atoms with E-state index in [1.807, 2.05) is 0 Å². The van der Waals surface area contributed by atoms with Crippen molar-refractivity contribution in [2.75, 3.05) is 18.9 Å². The van der Waals surface area contributed by atoms with Crippen LogP contribution in [0.2, 0.25) is 0 Å². The van der Waals surface area contributed by atoms with Gasteiger partial charge in [-0.1, -0.05) is 10.6 Å². The standard InChI is InChI=1S/C7H12O2P/c1-2-4-9-7-3-5-10(8)6-7/h2,7H,1,3-6H2/q+1. The monoisotopic (exact) mass is 159 g/mol. The van der Waals surface area contributed by atoms with Gasteiger partial charge in [-0.2, -0.15) is 0 Å². The molecule has 1 rings (SSSR count). The van der Waals surface area contributed by atoms with Gasteiger partial charge in [0, 0.05) is 6.42 Å². The third-order valence-corrected chi connectivity index (χ3v) is 3.13. The van der Waals surface area contributed by atoms with Crippen LogP contribution in [-0.2, 0) is 9.30 Å². The Morgan fingerprint density at radius 1 is 1.80 bits per heavy atom. The molecule has 1 aliphatic rings. The van der Waals surface area contributed by atoms with Gasteiger partial charge in [0.05, 0.1) is 6.61 Å². The molecule has 0 spiro atoms. The Labute approximate surface area is 62.1 Å². The van der Waals surface area contributed by atoms with Crippen molar-refractivity contribution in [2.24, 2.45) is 0 Å². The first-order valence-corrected chi connectivity index (χ1v) is 5.10. The lowest BCUT2D eigenvalue weighted by molar-refractivity contribution is 0.0939. The molecule has 0 aliphatic carbocycles. The van der Waals surface area contributed by atoms with Gasteiger partial charge in [-0.15, -0.1) is 6.58 Å². The van der Waals surface area contributed by atoms with Gasteiger partial charge in [-0.25, -0.2) is 0 Å². The lowest BCUT2D eigenvalue weighted by Crippen LogP contribution is -2.10. The highest BCUT2D eigenvalue weighted by atomic mass is 31.1. The Bertz CT molecular complexity index is 145. The highest BCUT2D eigenvalue weighted by Gasteiger charge is 2.32. The van der Waals surface area contributed by atoms with E-state index >= 15 is 0 Å². The molecule has 1 heterocycles. The molecule has 1 aliphatic heterocycles. The maximum atomic E-state index is 10.9. The zero-order chi connectivity index (χ0) is 7.40. The third-order valence-electron chi connectivity index (χ3n) is 1.56. The highest BCUT2D eigenvalue weighted by molar-refractivity contribution is 7.45. The summed E-state index contributed by atoms with van der Waals surface area (Å²) in [5.74, 6) is 0. The van der Waals surface area contributed by atoms with Crippen LogP contribution in [0.1, 0.15) is 6.42 Å². The topological polar surface area (TPSA) is 26.3 Å². The number of hydrogen-bond donors (Lipinski definition) is 0. The molecule has 0 bridgehead atoms. The van der Waals surface area contributed by atoms with Crippen molar-refractivity contribution < 1.29 is 9.30 Å². The summed E-state index contributed by atoms with van der Waals surface area (Å²) < 4.78 is 16.2. The summed E-state index contributed by atoms with van der Waals surface area (Å²) in [5.41, 5.74) is 0. The van der Waals surface area contributed by atoms with E-state index in [2.05, 4.69) is 6.58 Å². The van der Waals surface area contributed by atoms with Crippen molar-refractivity contribution >= 4 is 7.80 Å². The van der Waals surface area contributed by atoms with Gasteiger partial charge < -0.3 is 4.74 Å². The Morgan fingerprint density at radius 3 is 3.10 bits per heavy atom. The van der Waals surface area contributed by atoms with Gasteiger partial charge in [-0.05, 0) is 0 Å². The average molecular weight is 159 g/mol. The van der Waals surface area contributed by atoms with E-state index in [4.69, 9.17) is 4.74 Å². The predicted octanol–water partition coefficient (Wildman–Crippen LogP) is 1.79. The largest absolute Gasteiger partial charge is 0.370 e. The lowest BCUT2D eigenvalue weighted by atomic mass is 10.3. The molecule has 2 atom stereocenters. The number of ether oxygens (including phenoxy) is 1. The van der Waals surface area contributed by atoms with Crippen LogP contribution in [0.3, 0.4) is 0 Å². The van der Waals surface area contributed by atoms with Crippen LogP contribution in [-0.4, -0.2) is 25.0 Å².